The molecule has 0 amide bonds. The number of nitrogens with zero attached hydrogens (tertiary/aromatic N) is 2. The summed E-state index contributed by atoms with van der Waals surface area (Å²) in [6.07, 6.45) is 2.93. The maximum Gasteiger partial charge on any atom is 0.222 e. The molecule has 0 radical (unpaired) electrons. The van der Waals surface area contributed by atoms with Gasteiger partial charge in [-0.3, -0.25) is 0 Å². The number of hydrogen-bond acceptors (Lipinski definition) is 4. The first kappa shape index (κ1) is 11.8. The van der Waals surface area contributed by atoms with Gasteiger partial charge in [-0.05, 0) is 11.8 Å². The normalized spacial score (nSPS) is 11.5. The van der Waals surface area contributed by atoms with Gasteiger partial charge in [-0.1, -0.05) is 13.8 Å². The lowest BCUT2D eigenvalue weighted by Crippen LogP contribution is -2.25. The monoisotopic (exact) mass is 213 g/mol. The standard InChI is InChI=1S/C10H16FN3O/c1-10(2,3-4-15)7-14-9-12-5-8(11)6-13-9/h5-6,15H,3-4,7H2,1-2H3,(H,12,13,14). The maximum atomic E-state index is 12.5. The fourth-order valence-corrected chi connectivity index (χ4v) is 1.11. The van der Waals surface area contributed by atoms with Gasteiger partial charge in [-0.25, -0.2) is 14.4 Å². The van der Waals surface area contributed by atoms with Crippen LogP contribution in [0.2, 0.25) is 0 Å². The van der Waals surface area contributed by atoms with Crippen molar-refractivity contribution < 1.29 is 9.50 Å². The molecule has 5 heteroatoms. The molecular formula is C10H16FN3O. The molecule has 0 spiro atoms. The van der Waals surface area contributed by atoms with E-state index in [1.54, 1.807) is 0 Å². The van der Waals surface area contributed by atoms with E-state index in [-0.39, 0.29) is 12.0 Å². The average Bonchev–Trinajstić information content (AvgIpc) is 2.17. The van der Waals surface area contributed by atoms with Gasteiger partial charge < -0.3 is 10.4 Å². The van der Waals surface area contributed by atoms with E-state index in [4.69, 9.17) is 5.11 Å². The Kier molecular flexibility index (Phi) is 3.96. The van der Waals surface area contributed by atoms with E-state index in [1.165, 1.54) is 0 Å². The summed E-state index contributed by atoms with van der Waals surface area (Å²) in [6, 6.07) is 0. The molecule has 0 aromatic carbocycles. The van der Waals surface area contributed by atoms with Crippen LogP contribution >= 0.6 is 0 Å². The summed E-state index contributed by atoms with van der Waals surface area (Å²) in [7, 11) is 0. The van der Waals surface area contributed by atoms with E-state index in [9.17, 15) is 4.39 Å². The summed E-state index contributed by atoms with van der Waals surface area (Å²) in [5.41, 5.74) is -0.0352. The van der Waals surface area contributed by atoms with Gasteiger partial charge in [-0.2, -0.15) is 0 Å². The Hall–Kier alpha value is -1.23. The van der Waals surface area contributed by atoms with Gasteiger partial charge >= 0.3 is 0 Å². The number of rotatable bonds is 5. The van der Waals surface area contributed by atoms with Crippen molar-refractivity contribution in [1.29, 1.82) is 0 Å². The SMILES string of the molecule is CC(C)(CCO)CNc1ncc(F)cn1. The Balaban J connectivity index is 2.46. The molecule has 0 fully saturated rings. The number of aliphatic hydroxyl groups is 1. The molecule has 0 aliphatic heterocycles. The molecule has 0 saturated heterocycles. The summed E-state index contributed by atoms with van der Waals surface area (Å²) in [5, 5.41) is 11.8. The number of halogens is 1. The van der Waals surface area contributed by atoms with Crippen molar-refractivity contribution >= 4 is 5.95 Å². The Morgan fingerprint density at radius 1 is 1.40 bits per heavy atom. The third-order valence-electron chi connectivity index (χ3n) is 2.13. The number of aromatic nitrogens is 2. The number of aliphatic hydroxyl groups excluding tert-OH is 1. The maximum absolute atomic E-state index is 12.5. The Bertz CT molecular complexity index is 300. The zero-order chi connectivity index (χ0) is 11.3. The van der Waals surface area contributed by atoms with E-state index >= 15 is 0 Å². The van der Waals surface area contributed by atoms with Gasteiger partial charge in [0.05, 0.1) is 12.4 Å². The number of nitrogens with one attached hydrogen (secondary N) is 1. The van der Waals surface area contributed by atoms with Gasteiger partial charge in [-0.15, -0.1) is 0 Å². The average molecular weight is 213 g/mol. The number of hydrogen-bond donors (Lipinski definition) is 2. The third kappa shape index (κ3) is 4.20. The van der Waals surface area contributed by atoms with Crippen molar-refractivity contribution in [2.75, 3.05) is 18.5 Å². The lowest BCUT2D eigenvalue weighted by Gasteiger charge is -2.23. The molecule has 1 aromatic heterocycles. The van der Waals surface area contributed by atoms with E-state index in [0.717, 1.165) is 12.4 Å². The molecule has 1 aromatic rings. The van der Waals surface area contributed by atoms with Crippen molar-refractivity contribution in [2.45, 2.75) is 20.3 Å². The Morgan fingerprint density at radius 2 is 2.00 bits per heavy atom. The Labute approximate surface area is 88.6 Å². The highest BCUT2D eigenvalue weighted by atomic mass is 19.1. The number of anilines is 1. The van der Waals surface area contributed by atoms with Crippen LogP contribution < -0.4 is 5.32 Å². The molecule has 1 rings (SSSR count). The molecule has 0 saturated carbocycles. The second-order valence-electron chi connectivity index (χ2n) is 4.22. The van der Waals surface area contributed by atoms with Gasteiger partial charge in [0.1, 0.15) is 0 Å². The van der Waals surface area contributed by atoms with E-state index in [1.807, 2.05) is 13.8 Å². The highest BCUT2D eigenvalue weighted by molar-refractivity contribution is 5.22. The van der Waals surface area contributed by atoms with Gasteiger partial charge in [0.15, 0.2) is 5.82 Å². The molecule has 1 heterocycles. The van der Waals surface area contributed by atoms with E-state index in [0.29, 0.717) is 18.9 Å². The van der Waals surface area contributed by atoms with Crippen LogP contribution in [-0.2, 0) is 0 Å². The van der Waals surface area contributed by atoms with Crippen molar-refractivity contribution in [3.05, 3.63) is 18.2 Å². The zero-order valence-electron chi connectivity index (χ0n) is 9.00. The predicted octanol–water partition coefficient (Wildman–Crippen LogP) is 1.44. The molecule has 15 heavy (non-hydrogen) atoms. The highest BCUT2D eigenvalue weighted by Crippen LogP contribution is 2.19. The lowest BCUT2D eigenvalue weighted by molar-refractivity contribution is 0.220. The molecule has 0 aliphatic carbocycles. The van der Waals surface area contributed by atoms with Gasteiger partial charge in [0.2, 0.25) is 5.95 Å². The smallest absolute Gasteiger partial charge is 0.222 e. The minimum absolute atomic E-state index is 0.0352. The van der Waals surface area contributed by atoms with Crippen LogP contribution in [0.5, 0.6) is 0 Å². The zero-order valence-corrected chi connectivity index (χ0v) is 9.00. The molecular weight excluding hydrogens is 197 g/mol. The molecule has 4 nitrogen and oxygen atoms in total. The molecule has 2 N–H and O–H groups in total. The van der Waals surface area contributed by atoms with Crippen molar-refractivity contribution in [3.63, 3.8) is 0 Å². The van der Waals surface area contributed by atoms with Crippen molar-refractivity contribution in [2.24, 2.45) is 5.41 Å². The fraction of sp³-hybridized carbons (Fsp3) is 0.600. The fourth-order valence-electron chi connectivity index (χ4n) is 1.11. The van der Waals surface area contributed by atoms with Gasteiger partial charge in [0.25, 0.3) is 0 Å². The summed E-state index contributed by atoms with van der Waals surface area (Å²) in [6.45, 7) is 4.84. The van der Waals surface area contributed by atoms with Crippen LogP contribution in [0.1, 0.15) is 20.3 Å². The van der Waals surface area contributed by atoms with Crippen LogP contribution in [0.4, 0.5) is 10.3 Å². The summed E-state index contributed by atoms with van der Waals surface area (Å²) >= 11 is 0. The van der Waals surface area contributed by atoms with Crippen LogP contribution in [-0.4, -0.2) is 28.2 Å². The quantitative estimate of drug-likeness (QED) is 0.777. The van der Waals surface area contributed by atoms with Crippen molar-refractivity contribution in [1.82, 2.24) is 9.97 Å². The molecule has 0 atom stereocenters. The predicted molar refractivity (Wildman–Crippen MR) is 56.0 cm³/mol. The summed E-state index contributed by atoms with van der Waals surface area (Å²) in [5.74, 6) is -0.0439. The molecule has 0 bridgehead atoms. The lowest BCUT2D eigenvalue weighted by atomic mass is 9.90. The minimum atomic E-state index is -0.449. The summed E-state index contributed by atoms with van der Waals surface area (Å²) in [4.78, 5) is 7.56. The van der Waals surface area contributed by atoms with Crippen LogP contribution in [0.3, 0.4) is 0 Å². The van der Waals surface area contributed by atoms with E-state index < -0.39 is 5.82 Å². The van der Waals surface area contributed by atoms with Gasteiger partial charge in [0, 0.05) is 13.2 Å². The van der Waals surface area contributed by atoms with E-state index in [2.05, 4.69) is 15.3 Å². The third-order valence-corrected chi connectivity index (χ3v) is 2.13. The van der Waals surface area contributed by atoms with Crippen LogP contribution in [0.25, 0.3) is 0 Å². The second-order valence-corrected chi connectivity index (χ2v) is 4.22. The first-order valence-corrected chi connectivity index (χ1v) is 4.86. The van der Waals surface area contributed by atoms with Crippen molar-refractivity contribution in [3.8, 4) is 0 Å². The molecule has 0 aliphatic rings. The topological polar surface area (TPSA) is 58.0 Å². The molecule has 0 unspecified atom stereocenters. The second kappa shape index (κ2) is 5.02. The first-order chi connectivity index (χ1) is 7.03. The minimum Gasteiger partial charge on any atom is -0.396 e. The Morgan fingerprint density at radius 3 is 2.53 bits per heavy atom. The largest absolute Gasteiger partial charge is 0.396 e. The van der Waals surface area contributed by atoms with Crippen LogP contribution in [0.15, 0.2) is 12.4 Å². The first-order valence-electron chi connectivity index (χ1n) is 4.86. The summed E-state index contributed by atoms with van der Waals surface area (Å²) < 4.78 is 12.5. The van der Waals surface area contributed by atoms with Crippen LogP contribution in [0, 0.1) is 11.2 Å². The molecule has 84 valence electrons. The highest BCUT2D eigenvalue weighted by Gasteiger charge is 2.16.